The van der Waals surface area contributed by atoms with Gasteiger partial charge in [-0.1, -0.05) is 45.0 Å². The predicted molar refractivity (Wildman–Crippen MR) is 78.4 cm³/mol. The first-order valence-corrected chi connectivity index (χ1v) is 6.74. The van der Waals surface area contributed by atoms with Crippen molar-refractivity contribution in [3.63, 3.8) is 0 Å². The third-order valence-electron chi connectivity index (χ3n) is 3.60. The van der Waals surface area contributed by atoms with Crippen molar-refractivity contribution in [2.24, 2.45) is 0 Å². The molecule has 0 saturated carbocycles. The first-order valence-electron chi connectivity index (χ1n) is 6.74. The van der Waals surface area contributed by atoms with Crippen LogP contribution in [0.15, 0.2) is 24.3 Å². The zero-order chi connectivity index (χ0) is 14.6. The van der Waals surface area contributed by atoms with Crippen molar-refractivity contribution in [3.05, 3.63) is 35.4 Å². The number of carboxylic acids is 1. The third-order valence-corrected chi connectivity index (χ3v) is 3.60. The molecule has 3 nitrogen and oxygen atoms in total. The van der Waals surface area contributed by atoms with Crippen LogP contribution in [-0.4, -0.2) is 29.6 Å². The van der Waals surface area contributed by atoms with Gasteiger partial charge in [0.2, 0.25) is 0 Å². The van der Waals surface area contributed by atoms with Gasteiger partial charge in [-0.2, -0.15) is 0 Å². The summed E-state index contributed by atoms with van der Waals surface area (Å²) >= 11 is 0. The summed E-state index contributed by atoms with van der Waals surface area (Å²) in [6.45, 7) is 9.27. The molecule has 0 bridgehead atoms. The van der Waals surface area contributed by atoms with Crippen LogP contribution in [0.5, 0.6) is 0 Å². The van der Waals surface area contributed by atoms with Gasteiger partial charge in [-0.05, 0) is 30.5 Å². The van der Waals surface area contributed by atoms with Crippen molar-refractivity contribution in [1.82, 2.24) is 4.90 Å². The SMILES string of the molecule is CC(c1ccc(C(C)(C)C)cc1)N(C)CCC(=O)O. The monoisotopic (exact) mass is 263 g/mol. The number of nitrogens with zero attached hydrogens (tertiary/aromatic N) is 1. The van der Waals surface area contributed by atoms with Crippen LogP contribution < -0.4 is 0 Å². The number of rotatable bonds is 5. The minimum atomic E-state index is -0.748. The summed E-state index contributed by atoms with van der Waals surface area (Å²) in [5, 5.41) is 8.71. The van der Waals surface area contributed by atoms with Crippen LogP contribution in [0.3, 0.4) is 0 Å². The van der Waals surface area contributed by atoms with E-state index in [1.54, 1.807) is 0 Å². The molecule has 1 rings (SSSR count). The predicted octanol–water partition coefficient (Wildman–Crippen LogP) is 3.45. The van der Waals surface area contributed by atoms with Crippen LogP contribution >= 0.6 is 0 Å². The quantitative estimate of drug-likeness (QED) is 0.884. The fourth-order valence-electron chi connectivity index (χ4n) is 1.98. The molecule has 0 aromatic heterocycles. The Labute approximate surface area is 116 Å². The molecule has 0 amide bonds. The Morgan fingerprint density at radius 3 is 2.21 bits per heavy atom. The van der Waals surface area contributed by atoms with Gasteiger partial charge in [0.05, 0.1) is 6.42 Å². The molecule has 0 radical (unpaired) electrons. The Balaban J connectivity index is 2.72. The third kappa shape index (κ3) is 4.67. The molecule has 3 heteroatoms. The number of aliphatic carboxylic acids is 1. The van der Waals surface area contributed by atoms with Gasteiger partial charge in [-0.15, -0.1) is 0 Å². The molecular formula is C16H25NO2. The van der Waals surface area contributed by atoms with E-state index in [1.807, 2.05) is 7.05 Å². The van der Waals surface area contributed by atoms with Gasteiger partial charge in [0.15, 0.2) is 0 Å². The van der Waals surface area contributed by atoms with Gasteiger partial charge >= 0.3 is 5.97 Å². The number of carboxylic acid groups (broad SMARTS) is 1. The van der Waals surface area contributed by atoms with Crippen LogP contribution in [0.1, 0.15) is 51.3 Å². The number of carbonyl (C=O) groups is 1. The summed E-state index contributed by atoms with van der Waals surface area (Å²) in [7, 11) is 1.96. The van der Waals surface area contributed by atoms with E-state index in [9.17, 15) is 4.79 Å². The Morgan fingerprint density at radius 1 is 1.26 bits per heavy atom. The maximum atomic E-state index is 10.6. The smallest absolute Gasteiger partial charge is 0.304 e. The summed E-state index contributed by atoms with van der Waals surface area (Å²) in [5.74, 6) is -0.748. The van der Waals surface area contributed by atoms with E-state index in [2.05, 4.69) is 56.9 Å². The first kappa shape index (κ1) is 15.7. The minimum absolute atomic E-state index is 0.164. The number of benzene rings is 1. The van der Waals surface area contributed by atoms with Crippen LogP contribution in [-0.2, 0) is 10.2 Å². The van der Waals surface area contributed by atoms with Crippen molar-refractivity contribution < 1.29 is 9.90 Å². The highest BCUT2D eigenvalue weighted by Gasteiger charge is 2.16. The van der Waals surface area contributed by atoms with Crippen LogP contribution in [0.2, 0.25) is 0 Å². The molecule has 0 aliphatic carbocycles. The number of hydrogen-bond acceptors (Lipinski definition) is 2. The molecule has 0 aliphatic heterocycles. The zero-order valence-corrected chi connectivity index (χ0v) is 12.6. The second-order valence-electron chi connectivity index (χ2n) is 6.17. The van der Waals surface area contributed by atoms with E-state index in [-0.39, 0.29) is 17.9 Å². The summed E-state index contributed by atoms with van der Waals surface area (Å²) in [6, 6.07) is 8.84. The lowest BCUT2D eigenvalue weighted by Gasteiger charge is -2.25. The second kappa shape index (κ2) is 6.20. The largest absolute Gasteiger partial charge is 0.481 e. The molecule has 0 fully saturated rings. The van der Waals surface area contributed by atoms with Crippen LogP contribution in [0.25, 0.3) is 0 Å². The second-order valence-corrected chi connectivity index (χ2v) is 6.17. The molecule has 0 heterocycles. The average Bonchev–Trinajstić information content (AvgIpc) is 2.34. The lowest BCUT2D eigenvalue weighted by atomic mass is 9.86. The highest BCUT2D eigenvalue weighted by Crippen LogP contribution is 2.25. The van der Waals surface area contributed by atoms with E-state index in [4.69, 9.17) is 5.11 Å². The summed E-state index contributed by atoms with van der Waals surface area (Å²) in [6.07, 6.45) is 0.181. The summed E-state index contributed by atoms with van der Waals surface area (Å²) < 4.78 is 0. The summed E-state index contributed by atoms with van der Waals surface area (Å²) in [4.78, 5) is 12.7. The maximum absolute atomic E-state index is 10.6. The van der Waals surface area contributed by atoms with Crippen LogP contribution in [0, 0.1) is 0 Å². The molecule has 0 saturated heterocycles. The van der Waals surface area contributed by atoms with Crippen molar-refractivity contribution in [2.45, 2.75) is 45.6 Å². The Bertz CT molecular complexity index is 417. The van der Waals surface area contributed by atoms with Gasteiger partial charge < -0.3 is 5.11 Å². The van der Waals surface area contributed by atoms with Gasteiger partial charge in [-0.25, -0.2) is 0 Å². The molecule has 0 aliphatic rings. The Kier molecular flexibility index (Phi) is 5.12. The van der Waals surface area contributed by atoms with E-state index < -0.39 is 5.97 Å². The Hall–Kier alpha value is -1.35. The molecule has 1 aromatic carbocycles. The lowest BCUT2D eigenvalue weighted by molar-refractivity contribution is -0.137. The molecule has 1 unspecified atom stereocenters. The fraction of sp³-hybridized carbons (Fsp3) is 0.562. The highest BCUT2D eigenvalue weighted by molar-refractivity contribution is 5.66. The van der Waals surface area contributed by atoms with Gasteiger partial charge in [0.1, 0.15) is 0 Å². The molecule has 0 spiro atoms. The van der Waals surface area contributed by atoms with E-state index in [1.165, 1.54) is 11.1 Å². The van der Waals surface area contributed by atoms with E-state index in [0.717, 1.165) is 0 Å². The van der Waals surface area contributed by atoms with E-state index in [0.29, 0.717) is 6.54 Å². The minimum Gasteiger partial charge on any atom is -0.481 e. The molecule has 19 heavy (non-hydrogen) atoms. The van der Waals surface area contributed by atoms with Gasteiger partial charge in [-0.3, -0.25) is 9.69 Å². The fourth-order valence-corrected chi connectivity index (χ4v) is 1.98. The highest BCUT2D eigenvalue weighted by atomic mass is 16.4. The number of hydrogen-bond donors (Lipinski definition) is 1. The van der Waals surface area contributed by atoms with Gasteiger partial charge in [0, 0.05) is 12.6 Å². The average molecular weight is 263 g/mol. The topological polar surface area (TPSA) is 40.5 Å². The van der Waals surface area contributed by atoms with Crippen molar-refractivity contribution in [1.29, 1.82) is 0 Å². The van der Waals surface area contributed by atoms with Crippen molar-refractivity contribution in [3.8, 4) is 0 Å². The Morgan fingerprint density at radius 2 is 1.79 bits per heavy atom. The normalized spacial score (nSPS) is 13.6. The summed E-state index contributed by atoms with van der Waals surface area (Å²) in [5.41, 5.74) is 2.70. The standard InChI is InChI=1S/C16H25NO2/c1-12(17(5)11-10-15(18)19)13-6-8-14(9-7-13)16(2,3)4/h6-9,12H,10-11H2,1-5H3,(H,18,19). The molecular weight excluding hydrogens is 238 g/mol. The van der Waals surface area contributed by atoms with Crippen molar-refractivity contribution in [2.75, 3.05) is 13.6 Å². The maximum Gasteiger partial charge on any atom is 0.304 e. The molecule has 1 aromatic rings. The van der Waals surface area contributed by atoms with Gasteiger partial charge in [0.25, 0.3) is 0 Å². The zero-order valence-electron chi connectivity index (χ0n) is 12.6. The van der Waals surface area contributed by atoms with Crippen LogP contribution in [0.4, 0.5) is 0 Å². The first-order chi connectivity index (χ1) is 8.71. The molecule has 106 valence electrons. The van der Waals surface area contributed by atoms with E-state index >= 15 is 0 Å². The lowest BCUT2D eigenvalue weighted by Crippen LogP contribution is -2.25. The van der Waals surface area contributed by atoms with Crippen molar-refractivity contribution >= 4 is 5.97 Å². The molecule has 1 atom stereocenters. The molecule has 1 N–H and O–H groups in total.